The second-order valence-electron chi connectivity index (χ2n) is 17.1. The number of rotatable bonds is 5. The molecule has 0 spiro atoms. The second kappa shape index (κ2) is 14.2. The molecule has 0 fully saturated rings. The summed E-state index contributed by atoms with van der Waals surface area (Å²) in [6.07, 6.45) is 3.98. The highest BCUT2D eigenvalue weighted by molar-refractivity contribution is 7.26. The van der Waals surface area contributed by atoms with Gasteiger partial charge in [-0.3, -0.25) is 0 Å². The summed E-state index contributed by atoms with van der Waals surface area (Å²) in [5.41, 5.74) is 14.3. The van der Waals surface area contributed by atoms with Crippen LogP contribution >= 0.6 is 11.3 Å². The Hall–Kier alpha value is -8.12. The Morgan fingerprint density at radius 3 is 1.95 bits per heavy atom. The van der Waals surface area contributed by atoms with E-state index in [1.807, 2.05) is 0 Å². The molecule has 0 bridgehead atoms. The van der Waals surface area contributed by atoms with E-state index in [1.54, 1.807) is 11.3 Å². The summed E-state index contributed by atoms with van der Waals surface area (Å²) in [4.78, 5) is 10.8. The van der Waals surface area contributed by atoms with E-state index in [4.69, 9.17) is 14.4 Å². The van der Waals surface area contributed by atoms with E-state index < -0.39 is 0 Å². The van der Waals surface area contributed by atoms with Gasteiger partial charge >= 0.3 is 0 Å². The molecule has 65 heavy (non-hydrogen) atoms. The number of benzene rings is 9. The van der Waals surface area contributed by atoms with E-state index in [0.717, 1.165) is 78.3 Å². The molecule has 0 radical (unpaired) electrons. The molecule has 4 nitrogen and oxygen atoms in total. The zero-order valence-electron chi connectivity index (χ0n) is 35.1. The van der Waals surface area contributed by atoms with E-state index in [0.29, 0.717) is 5.82 Å². The highest BCUT2D eigenvalue weighted by Crippen LogP contribution is 2.48. The number of aryl methyl sites for hydroxylation is 1. The monoisotopic (exact) mass is 847 g/mol. The van der Waals surface area contributed by atoms with Crippen LogP contribution in [0.2, 0.25) is 0 Å². The lowest BCUT2D eigenvalue weighted by Crippen LogP contribution is -2.03. The minimum absolute atomic E-state index is 0.669. The van der Waals surface area contributed by atoms with Gasteiger partial charge in [0.25, 0.3) is 0 Å². The van der Waals surface area contributed by atoms with E-state index in [2.05, 4.69) is 205 Å². The molecular formula is C60H37N3OS. The van der Waals surface area contributed by atoms with E-state index in [1.165, 1.54) is 65.2 Å². The highest BCUT2D eigenvalue weighted by atomic mass is 32.1. The van der Waals surface area contributed by atoms with Gasteiger partial charge in [-0.15, -0.1) is 11.3 Å². The van der Waals surface area contributed by atoms with Crippen LogP contribution in [0, 0.1) is 0 Å². The van der Waals surface area contributed by atoms with Crippen molar-refractivity contribution in [1.82, 2.24) is 14.5 Å². The Labute approximate surface area is 378 Å². The zero-order valence-corrected chi connectivity index (χ0v) is 35.9. The lowest BCUT2D eigenvalue weighted by Gasteiger charge is -2.18. The third kappa shape index (κ3) is 5.56. The maximum Gasteiger partial charge on any atom is 0.164 e. The molecule has 5 heteroatoms. The summed E-state index contributed by atoms with van der Waals surface area (Å²) >= 11 is 1.76. The summed E-state index contributed by atoms with van der Waals surface area (Å²) in [5, 5.41) is 9.55. The Morgan fingerprint density at radius 1 is 0.477 bits per heavy atom. The van der Waals surface area contributed by atoms with Crippen LogP contribution in [0.5, 0.6) is 0 Å². The van der Waals surface area contributed by atoms with Gasteiger partial charge in [-0.1, -0.05) is 164 Å². The van der Waals surface area contributed by atoms with E-state index >= 15 is 0 Å². The number of aromatic nitrogens is 3. The van der Waals surface area contributed by atoms with Gasteiger partial charge in [-0.2, -0.15) is 0 Å². The second-order valence-corrected chi connectivity index (χ2v) is 18.2. The van der Waals surface area contributed by atoms with Crippen molar-refractivity contribution < 1.29 is 4.42 Å². The molecule has 0 saturated heterocycles. The van der Waals surface area contributed by atoms with Crippen LogP contribution < -0.4 is 0 Å². The molecule has 4 heterocycles. The fourth-order valence-electron chi connectivity index (χ4n) is 10.5. The highest BCUT2D eigenvalue weighted by Gasteiger charge is 2.27. The molecule has 14 rings (SSSR count). The molecule has 0 N–H and O–H groups in total. The number of thiophene rings is 1. The molecule has 9 aromatic carbocycles. The summed E-state index contributed by atoms with van der Waals surface area (Å²) in [6.45, 7) is 0. The average Bonchev–Trinajstić information content (AvgIpc) is 4.06. The van der Waals surface area contributed by atoms with Crippen molar-refractivity contribution in [2.24, 2.45) is 0 Å². The van der Waals surface area contributed by atoms with E-state index in [-0.39, 0.29) is 0 Å². The Bertz CT molecular complexity index is 4100. The molecule has 0 saturated carbocycles. The number of nitrogens with zero attached hydrogens (tertiary/aromatic N) is 3. The first-order valence-electron chi connectivity index (χ1n) is 22.3. The van der Waals surface area contributed by atoms with Crippen molar-refractivity contribution in [3.05, 3.63) is 205 Å². The number of fused-ring (bicyclic) bond motifs is 13. The van der Waals surface area contributed by atoms with Crippen LogP contribution in [-0.4, -0.2) is 14.5 Å². The van der Waals surface area contributed by atoms with Gasteiger partial charge < -0.3 is 8.98 Å². The average molecular weight is 848 g/mol. The third-order valence-corrected chi connectivity index (χ3v) is 14.6. The standard InChI is InChI=1S/C60H37N3OS/c1-4-16-36(17-5-1)39-28-30-50-47(32-39)54-44-25-13-12-24-43(44)46(37-18-6-2-7-19-37)35-51(54)63(50)41-29-31-52-48(34-41)55-42-23-11-10-22-40(42)33-49(58(55)64-52)60-61-56(38-20-8-3-9-21-38)59-57(62-60)45-26-14-15-27-53(45)65-59/h1-28,30,32-35H,29,31H2. The zero-order chi connectivity index (χ0) is 42.6. The summed E-state index contributed by atoms with van der Waals surface area (Å²) in [6, 6.07) is 69.9. The van der Waals surface area contributed by atoms with Crippen molar-refractivity contribution in [3.63, 3.8) is 0 Å². The van der Waals surface area contributed by atoms with Gasteiger partial charge in [0, 0.05) is 49.5 Å². The lowest BCUT2D eigenvalue weighted by atomic mass is 9.94. The molecule has 0 amide bonds. The minimum atomic E-state index is 0.669. The van der Waals surface area contributed by atoms with Crippen molar-refractivity contribution in [1.29, 1.82) is 0 Å². The topological polar surface area (TPSA) is 43.9 Å². The summed E-state index contributed by atoms with van der Waals surface area (Å²) < 4.78 is 12.0. The minimum Gasteiger partial charge on any atom is -0.460 e. The molecule has 0 atom stereocenters. The fraction of sp³-hybridized carbons (Fsp3) is 0.0333. The Kier molecular flexibility index (Phi) is 7.94. The van der Waals surface area contributed by atoms with Gasteiger partial charge in [-0.05, 0) is 86.6 Å². The molecule has 0 unspecified atom stereocenters. The van der Waals surface area contributed by atoms with Gasteiger partial charge in [0.1, 0.15) is 11.3 Å². The van der Waals surface area contributed by atoms with Crippen molar-refractivity contribution in [2.45, 2.75) is 12.8 Å². The van der Waals surface area contributed by atoms with Crippen LogP contribution in [0.15, 0.2) is 199 Å². The van der Waals surface area contributed by atoms with Gasteiger partial charge in [0.15, 0.2) is 5.82 Å². The molecule has 0 aliphatic heterocycles. The predicted octanol–water partition coefficient (Wildman–Crippen LogP) is 16.6. The van der Waals surface area contributed by atoms with Gasteiger partial charge in [0.2, 0.25) is 0 Å². The third-order valence-electron chi connectivity index (χ3n) is 13.5. The molecule has 4 aromatic heterocycles. The number of hydrogen-bond acceptors (Lipinski definition) is 4. The van der Waals surface area contributed by atoms with E-state index in [9.17, 15) is 0 Å². The maximum absolute atomic E-state index is 7.12. The number of hydrogen-bond donors (Lipinski definition) is 0. The van der Waals surface area contributed by atoms with Gasteiger partial charge in [-0.25, -0.2) is 9.97 Å². The first-order chi connectivity index (χ1) is 32.2. The van der Waals surface area contributed by atoms with Crippen molar-refractivity contribution >= 4 is 97.7 Å². The first kappa shape index (κ1) is 36.4. The fourth-order valence-corrected chi connectivity index (χ4v) is 11.7. The Morgan fingerprint density at radius 2 is 1.15 bits per heavy atom. The van der Waals surface area contributed by atoms with Crippen LogP contribution in [0.25, 0.3) is 131 Å². The Balaban J connectivity index is 1.04. The molecule has 1 aliphatic carbocycles. The number of allylic oxidation sites excluding steroid dienone is 1. The molecular weight excluding hydrogens is 811 g/mol. The smallest absolute Gasteiger partial charge is 0.164 e. The molecule has 13 aromatic rings. The maximum atomic E-state index is 7.12. The normalized spacial score (nSPS) is 12.9. The van der Waals surface area contributed by atoms with Crippen LogP contribution in [0.1, 0.15) is 17.7 Å². The predicted molar refractivity (Wildman–Crippen MR) is 273 cm³/mol. The largest absolute Gasteiger partial charge is 0.460 e. The van der Waals surface area contributed by atoms with Crippen molar-refractivity contribution in [3.8, 4) is 44.9 Å². The molecule has 304 valence electrons. The quantitative estimate of drug-likeness (QED) is 0.173. The van der Waals surface area contributed by atoms with Crippen LogP contribution in [0.3, 0.4) is 0 Å². The van der Waals surface area contributed by atoms with Crippen molar-refractivity contribution in [2.75, 3.05) is 0 Å². The first-order valence-corrected chi connectivity index (χ1v) is 23.1. The van der Waals surface area contributed by atoms with Crippen LogP contribution in [0.4, 0.5) is 0 Å². The van der Waals surface area contributed by atoms with Crippen LogP contribution in [-0.2, 0) is 6.42 Å². The molecule has 1 aliphatic rings. The lowest BCUT2D eigenvalue weighted by molar-refractivity contribution is 0.547. The number of furan rings is 1. The van der Waals surface area contributed by atoms with Gasteiger partial charge in [0.05, 0.1) is 32.5 Å². The summed E-state index contributed by atoms with van der Waals surface area (Å²) in [5.74, 6) is 1.66. The summed E-state index contributed by atoms with van der Waals surface area (Å²) in [7, 11) is 0. The SMILES string of the molecule is C1=C(n2c3ccc(-c4ccccc4)cc3c3c4ccccc4c(-c4ccccc4)cc32)CCc2oc3c(-c4nc(-c5ccccc5)c5sc6ccccc6c5n4)cc4ccccc4c3c21.